The Kier molecular flexibility index (Phi) is 5.78. The van der Waals surface area contributed by atoms with Crippen LogP contribution in [0.2, 0.25) is 0 Å². The number of ether oxygens (including phenoxy) is 5. The van der Waals surface area contributed by atoms with Crippen molar-refractivity contribution in [3.63, 3.8) is 0 Å². The Morgan fingerprint density at radius 3 is 2.32 bits per heavy atom. The van der Waals surface area contributed by atoms with Gasteiger partial charge >= 0.3 is 5.97 Å². The summed E-state index contributed by atoms with van der Waals surface area (Å²) in [4.78, 5) is 20.1. The number of esters is 1. The molecule has 3 rings (SSSR count). The van der Waals surface area contributed by atoms with Crippen LogP contribution in [0, 0.1) is 0 Å². The molecule has 0 aliphatic heterocycles. The average molecular weight is 384 g/mol. The second kappa shape index (κ2) is 8.43. The zero-order valence-corrected chi connectivity index (χ0v) is 16.0. The topological polar surface area (TPSA) is 89.0 Å². The van der Waals surface area contributed by atoms with E-state index in [2.05, 4.69) is 14.7 Å². The minimum atomic E-state index is -0.404. The number of methoxy groups -OCH3 is 4. The summed E-state index contributed by atoms with van der Waals surface area (Å²) in [6.07, 6.45) is 3.15. The number of carbonyl (C=O) groups excluding carboxylic acids is 1. The molecular weight excluding hydrogens is 364 g/mol. The Labute approximate surface area is 162 Å². The van der Waals surface area contributed by atoms with Crippen molar-refractivity contribution >= 4 is 16.9 Å². The maximum Gasteiger partial charge on any atom is 0.311 e. The summed E-state index contributed by atoms with van der Waals surface area (Å²) in [6.45, 7) is 0. The van der Waals surface area contributed by atoms with E-state index in [1.807, 2.05) is 0 Å². The maximum atomic E-state index is 11.5. The molecule has 0 bridgehead atoms. The lowest BCUT2D eigenvalue weighted by atomic mass is 10.1. The molecule has 0 radical (unpaired) electrons. The first kappa shape index (κ1) is 19.2. The third-order valence-electron chi connectivity index (χ3n) is 4.09. The van der Waals surface area contributed by atoms with E-state index in [1.54, 1.807) is 44.7 Å². The van der Waals surface area contributed by atoms with Crippen LogP contribution in [0.5, 0.6) is 28.7 Å². The first-order valence-electron chi connectivity index (χ1n) is 8.38. The van der Waals surface area contributed by atoms with Crippen LogP contribution in [0.3, 0.4) is 0 Å². The van der Waals surface area contributed by atoms with Crippen molar-refractivity contribution in [2.45, 2.75) is 6.42 Å². The summed E-state index contributed by atoms with van der Waals surface area (Å²) in [6, 6.07) is 6.94. The van der Waals surface area contributed by atoms with E-state index >= 15 is 0 Å². The lowest BCUT2D eigenvalue weighted by Gasteiger charge is -2.14. The molecule has 0 amide bonds. The molecular formula is C20H20N2O6. The van der Waals surface area contributed by atoms with E-state index in [0.29, 0.717) is 45.3 Å². The zero-order chi connectivity index (χ0) is 20.1. The van der Waals surface area contributed by atoms with Gasteiger partial charge in [-0.1, -0.05) is 0 Å². The molecule has 0 fully saturated rings. The molecule has 0 aliphatic rings. The molecule has 0 aliphatic carbocycles. The number of fused-ring (bicyclic) bond motifs is 1. The van der Waals surface area contributed by atoms with Crippen LogP contribution in [-0.4, -0.2) is 44.4 Å². The number of rotatable bonds is 7. The predicted molar refractivity (Wildman–Crippen MR) is 101 cm³/mol. The highest BCUT2D eigenvalue weighted by Crippen LogP contribution is 2.38. The third kappa shape index (κ3) is 3.90. The lowest BCUT2D eigenvalue weighted by Crippen LogP contribution is -2.07. The van der Waals surface area contributed by atoms with Gasteiger partial charge in [0.15, 0.2) is 0 Å². The van der Waals surface area contributed by atoms with Gasteiger partial charge in [-0.25, -0.2) is 0 Å². The van der Waals surface area contributed by atoms with Crippen LogP contribution in [0.1, 0.15) is 5.69 Å². The third-order valence-corrected chi connectivity index (χ3v) is 4.09. The van der Waals surface area contributed by atoms with Gasteiger partial charge in [-0.15, -0.1) is 0 Å². The van der Waals surface area contributed by atoms with Crippen LogP contribution in [-0.2, 0) is 16.0 Å². The minimum Gasteiger partial charge on any atom is -0.497 e. The number of carbonyl (C=O) groups is 1. The molecule has 2 aromatic heterocycles. The molecule has 0 unspecified atom stereocenters. The molecule has 2 heterocycles. The summed E-state index contributed by atoms with van der Waals surface area (Å²) < 4.78 is 26.8. The van der Waals surface area contributed by atoms with Gasteiger partial charge in [0, 0.05) is 24.4 Å². The smallest absolute Gasteiger partial charge is 0.311 e. The second-order valence-electron chi connectivity index (χ2n) is 5.71. The van der Waals surface area contributed by atoms with E-state index in [1.165, 1.54) is 20.4 Å². The van der Waals surface area contributed by atoms with Crippen molar-refractivity contribution in [2.75, 3.05) is 28.4 Å². The molecule has 146 valence electrons. The van der Waals surface area contributed by atoms with E-state index in [0.717, 1.165) is 0 Å². The highest BCUT2D eigenvalue weighted by atomic mass is 16.5. The van der Waals surface area contributed by atoms with Crippen LogP contribution < -0.4 is 18.9 Å². The lowest BCUT2D eigenvalue weighted by molar-refractivity contribution is -0.139. The van der Waals surface area contributed by atoms with E-state index in [9.17, 15) is 4.79 Å². The normalized spacial score (nSPS) is 10.4. The highest BCUT2D eigenvalue weighted by molar-refractivity contribution is 5.92. The second-order valence-corrected chi connectivity index (χ2v) is 5.71. The van der Waals surface area contributed by atoms with Crippen LogP contribution in [0.4, 0.5) is 0 Å². The van der Waals surface area contributed by atoms with Crippen LogP contribution in [0.15, 0.2) is 36.7 Å². The number of benzene rings is 1. The summed E-state index contributed by atoms with van der Waals surface area (Å²) in [7, 11) is 5.97. The average Bonchev–Trinajstić information content (AvgIpc) is 2.73. The number of hydrogen-bond donors (Lipinski definition) is 0. The van der Waals surface area contributed by atoms with Gasteiger partial charge in [-0.05, 0) is 6.07 Å². The monoisotopic (exact) mass is 384 g/mol. The number of hydrogen-bond acceptors (Lipinski definition) is 8. The standard InChI is InChI=1S/C20H20N2O6/c1-24-12-7-15-20(18(8-12)26-3)16(5-6-21-15)28-13-9-17(25-2)14(22-11-13)10-19(23)27-4/h5-9,11H,10H2,1-4H3. The fraction of sp³-hybridized carbons (Fsp3) is 0.250. The molecule has 28 heavy (non-hydrogen) atoms. The molecule has 0 atom stereocenters. The molecule has 0 N–H and O–H groups in total. The van der Waals surface area contributed by atoms with Crippen molar-refractivity contribution in [1.82, 2.24) is 9.97 Å². The zero-order valence-electron chi connectivity index (χ0n) is 16.0. The molecule has 0 spiro atoms. The van der Waals surface area contributed by atoms with Crippen molar-refractivity contribution < 1.29 is 28.5 Å². The highest BCUT2D eigenvalue weighted by Gasteiger charge is 2.15. The Morgan fingerprint density at radius 2 is 1.64 bits per heavy atom. The van der Waals surface area contributed by atoms with Gasteiger partial charge in [-0.2, -0.15) is 0 Å². The number of pyridine rings is 2. The van der Waals surface area contributed by atoms with Crippen LogP contribution >= 0.6 is 0 Å². The van der Waals surface area contributed by atoms with Gasteiger partial charge in [0.1, 0.15) is 28.7 Å². The largest absolute Gasteiger partial charge is 0.497 e. The van der Waals surface area contributed by atoms with Gasteiger partial charge < -0.3 is 23.7 Å². The summed E-state index contributed by atoms with van der Waals surface area (Å²) in [5.74, 6) is 2.20. The maximum absolute atomic E-state index is 11.5. The summed E-state index contributed by atoms with van der Waals surface area (Å²) >= 11 is 0. The Hall–Kier alpha value is -3.55. The first-order chi connectivity index (χ1) is 13.6. The fourth-order valence-electron chi connectivity index (χ4n) is 2.71. The van der Waals surface area contributed by atoms with Gasteiger partial charge in [0.25, 0.3) is 0 Å². The predicted octanol–water partition coefficient (Wildman–Crippen LogP) is 3.16. The SMILES string of the molecule is COC(=O)Cc1ncc(Oc2ccnc3cc(OC)cc(OC)c23)cc1OC. The molecule has 0 saturated heterocycles. The molecule has 8 nitrogen and oxygen atoms in total. The summed E-state index contributed by atoms with van der Waals surface area (Å²) in [5.41, 5.74) is 1.12. The van der Waals surface area contributed by atoms with Gasteiger partial charge in [-0.3, -0.25) is 14.8 Å². The van der Waals surface area contributed by atoms with Gasteiger partial charge in [0.2, 0.25) is 0 Å². The molecule has 0 saturated carbocycles. The molecule has 3 aromatic rings. The van der Waals surface area contributed by atoms with Crippen LogP contribution in [0.25, 0.3) is 10.9 Å². The number of nitrogens with zero attached hydrogens (tertiary/aromatic N) is 2. The first-order valence-corrected chi connectivity index (χ1v) is 8.38. The van der Waals surface area contributed by atoms with Crippen molar-refractivity contribution in [1.29, 1.82) is 0 Å². The Bertz CT molecular complexity index is 1010. The quantitative estimate of drug-likeness (QED) is 0.574. The van der Waals surface area contributed by atoms with Crippen molar-refractivity contribution in [2.24, 2.45) is 0 Å². The summed E-state index contributed by atoms with van der Waals surface area (Å²) in [5, 5.41) is 0.698. The minimum absolute atomic E-state index is 0.00571. The Balaban J connectivity index is 1.99. The fourth-order valence-corrected chi connectivity index (χ4v) is 2.71. The van der Waals surface area contributed by atoms with E-state index in [4.69, 9.17) is 18.9 Å². The molecule has 1 aromatic carbocycles. The van der Waals surface area contributed by atoms with E-state index in [-0.39, 0.29) is 6.42 Å². The Morgan fingerprint density at radius 1 is 0.893 bits per heavy atom. The van der Waals surface area contributed by atoms with Crippen molar-refractivity contribution in [3.05, 3.63) is 42.4 Å². The molecule has 8 heteroatoms. The van der Waals surface area contributed by atoms with Gasteiger partial charge in [0.05, 0.1) is 57.7 Å². The number of aromatic nitrogens is 2. The van der Waals surface area contributed by atoms with Crippen molar-refractivity contribution in [3.8, 4) is 28.7 Å². The van der Waals surface area contributed by atoms with E-state index < -0.39 is 5.97 Å².